The van der Waals surface area contributed by atoms with Gasteiger partial charge in [-0.15, -0.1) is 0 Å². The largest absolute Gasteiger partial charge is 0.397 e. The molecule has 1 amide bonds. The lowest BCUT2D eigenvalue weighted by atomic mass is 10.2. The number of nitrogen functional groups attached to an aromatic ring is 1. The van der Waals surface area contributed by atoms with Crippen LogP contribution in [0.15, 0.2) is 37.1 Å². The lowest BCUT2D eigenvalue weighted by molar-refractivity contribution is 0.0745. The highest BCUT2D eigenvalue weighted by atomic mass is 16.2. The van der Waals surface area contributed by atoms with Gasteiger partial charge in [0.05, 0.1) is 17.4 Å². The van der Waals surface area contributed by atoms with E-state index < -0.39 is 0 Å². The Bertz CT molecular complexity index is 607. The summed E-state index contributed by atoms with van der Waals surface area (Å²) in [5.41, 5.74) is 6.81. The van der Waals surface area contributed by atoms with Crippen molar-refractivity contribution in [2.24, 2.45) is 0 Å². The number of carbonyl (C=O) groups excluding carboxylic acids is 1. The first-order chi connectivity index (χ1) is 10.2. The normalized spacial score (nSPS) is 15.0. The first kappa shape index (κ1) is 13.3. The zero-order valence-corrected chi connectivity index (χ0v) is 11.5. The summed E-state index contributed by atoms with van der Waals surface area (Å²) in [6, 6.07) is 3.74. The van der Waals surface area contributed by atoms with Gasteiger partial charge < -0.3 is 15.5 Å². The van der Waals surface area contributed by atoms with Crippen LogP contribution in [-0.4, -0.2) is 51.9 Å². The molecule has 0 spiro atoms. The fourth-order valence-corrected chi connectivity index (χ4v) is 2.32. The van der Waals surface area contributed by atoms with Crippen LogP contribution >= 0.6 is 0 Å². The minimum atomic E-state index is -0.0273. The van der Waals surface area contributed by atoms with Crippen LogP contribution in [-0.2, 0) is 0 Å². The van der Waals surface area contributed by atoms with Crippen LogP contribution in [0, 0.1) is 0 Å². The van der Waals surface area contributed by atoms with E-state index in [1.807, 2.05) is 17.0 Å². The lowest BCUT2D eigenvalue weighted by Gasteiger charge is -2.35. The number of hydrogen-bond acceptors (Lipinski definition) is 6. The summed E-state index contributed by atoms with van der Waals surface area (Å²) in [7, 11) is 0. The van der Waals surface area contributed by atoms with Gasteiger partial charge in [0, 0.05) is 38.6 Å². The molecule has 1 aliphatic rings. The van der Waals surface area contributed by atoms with Crippen molar-refractivity contribution in [3.05, 3.63) is 42.6 Å². The van der Waals surface area contributed by atoms with Gasteiger partial charge in [0.1, 0.15) is 12.1 Å². The summed E-state index contributed by atoms with van der Waals surface area (Å²) in [5.74, 6) is 0.861. The van der Waals surface area contributed by atoms with Crippen molar-refractivity contribution in [3.63, 3.8) is 0 Å². The van der Waals surface area contributed by atoms with Crippen LogP contribution in [0.4, 0.5) is 11.5 Å². The molecule has 3 rings (SSSR count). The molecular weight excluding hydrogens is 268 g/mol. The van der Waals surface area contributed by atoms with Crippen LogP contribution in [0.5, 0.6) is 0 Å². The Morgan fingerprint density at radius 3 is 2.38 bits per heavy atom. The highest BCUT2D eigenvalue weighted by Gasteiger charge is 2.22. The van der Waals surface area contributed by atoms with Crippen molar-refractivity contribution in [1.82, 2.24) is 19.9 Å². The second-order valence-electron chi connectivity index (χ2n) is 4.86. The molecule has 7 nitrogen and oxygen atoms in total. The first-order valence-corrected chi connectivity index (χ1v) is 6.75. The quantitative estimate of drug-likeness (QED) is 0.859. The molecule has 0 atom stereocenters. The van der Waals surface area contributed by atoms with Crippen molar-refractivity contribution >= 4 is 17.4 Å². The van der Waals surface area contributed by atoms with E-state index in [4.69, 9.17) is 5.73 Å². The zero-order valence-electron chi connectivity index (χ0n) is 11.5. The van der Waals surface area contributed by atoms with Crippen LogP contribution < -0.4 is 10.6 Å². The third-order valence-corrected chi connectivity index (χ3v) is 3.47. The average molecular weight is 284 g/mol. The zero-order chi connectivity index (χ0) is 14.7. The minimum Gasteiger partial charge on any atom is -0.397 e. The van der Waals surface area contributed by atoms with E-state index in [2.05, 4.69) is 19.9 Å². The highest BCUT2D eigenvalue weighted by molar-refractivity contribution is 5.93. The number of piperazine rings is 1. The molecule has 0 radical (unpaired) electrons. The van der Waals surface area contributed by atoms with Gasteiger partial charge in [0.2, 0.25) is 0 Å². The van der Waals surface area contributed by atoms with Gasteiger partial charge in [-0.25, -0.2) is 15.0 Å². The molecule has 1 aliphatic heterocycles. The summed E-state index contributed by atoms with van der Waals surface area (Å²) < 4.78 is 0. The number of pyridine rings is 1. The molecule has 3 heterocycles. The first-order valence-electron chi connectivity index (χ1n) is 6.75. The predicted molar refractivity (Wildman–Crippen MR) is 78.8 cm³/mol. The molecule has 0 aliphatic carbocycles. The maximum atomic E-state index is 12.3. The molecule has 0 saturated carbocycles. The Labute approximate surface area is 122 Å². The second-order valence-corrected chi connectivity index (χ2v) is 4.86. The van der Waals surface area contributed by atoms with Gasteiger partial charge >= 0.3 is 0 Å². The summed E-state index contributed by atoms with van der Waals surface area (Å²) in [5, 5.41) is 0. The van der Waals surface area contributed by atoms with E-state index in [0.29, 0.717) is 24.3 Å². The van der Waals surface area contributed by atoms with E-state index in [1.54, 1.807) is 18.6 Å². The molecule has 21 heavy (non-hydrogen) atoms. The molecule has 2 aromatic rings. The summed E-state index contributed by atoms with van der Waals surface area (Å²) in [6.45, 7) is 2.80. The topological polar surface area (TPSA) is 88.2 Å². The molecule has 1 saturated heterocycles. The molecule has 2 N–H and O–H groups in total. The van der Waals surface area contributed by atoms with Gasteiger partial charge in [0.25, 0.3) is 5.91 Å². The molecular formula is C14H16N6O. The van der Waals surface area contributed by atoms with E-state index in [9.17, 15) is 4.79 Å². The number of hydrogen-bond donors (Lipinski definition) is 1. The molecule has 1 fully saturated rings. The summed E-state index contributed by atoms with van der Waals surface area (Å²) in [6.07, 6.45) is 6.15. The Balaban J connectivity index is 1.63. The van der Waals surface area contributed by atoms with Crippen LogP contribution in [0.2, 0.25) is 0 Å². The number of amides is 1. The molecule has 0 aromatic carbocycles. The minimum absolute atomic E-state index is 0.0273. The Hall–Kier alpha value is -2.70. The van der Waals surface area contributed by atoms with Crippen molar-refractivity contribution in [3.8, 4) is 0 Å². The number of nitrogens with two attached hydrogens (primary N) is 1. The van der Waals surface area contributed by atoms with Crippen molar-refractivity contribution in [2.45, 2.75) is 0 Å². The number of anilines is 2. The van der Waals surface area contributed by atoms with Crippen LogP contribution in [0.1, 0.15) is 10.4 Å². The lowest BCUT2D eigenvalue weighted by Crippen LogP contribution is -2.49. The SMILES string of the molecule is Nc1ccc(N2CCN(C(=O)c3cncnc3)CC2)nc1. The van der Waals surface area contributed by atoms with Gasteiger partial charge in [0.15, 0.2) is 0 Å². The third-order valence-electron chi connectivity index (χ3n) is 3.47. The van der Waals surface area contributed by atoms with Crippen LogP contribution in [0.25, 0.3) is 0 Å². The Morgan fingerprint density at radius 2 is 1.76 bits per heavy atom. The fraction of sp³-hybridized carbons (Fsp3) is 0.286. The fourth-order valence-electron chi connectivity index (χ4n) is 2.32. The van der Waals surface area contributed by atoms with E-state index >= 15 is 0 Å². The third kappa shape index (κ3) is 2.91. The highest BCUT2D eigenvalue weighted by Crippen LogP contribution is 2.15. The predicted octanol–water partition coefficient (Wildman–Crippen LogP) is 0.416. The number of aromatic nitrogens is 3. The van der Waals surface area contributed by atoms with Gasteiger partial charge in [-0.3, -0.25) is 4.79 Å². The Morgan fingerprint density at radius 1 is 1.05 bits per heavy atom. The van der Waals surface area contributed by atoms with Crippen molar-refractivity contribution in [1.29, 1.82) is 0 Å². The maximum absolute atomic E-state index is 12.3. The molecule has 2 aromatic heterocycles. The molecule has 0 bridgehead atoms. The van der Waals surface area contributed by atoms with Crippen LogP contribution in [0.3, 0.4) is 0 Å². The molecule has 7 heteroatoms. The average Bonchev–Trinajstić information content (AvgIpc) is 2.56. The molecule has 0 unspecified atom stereocenters. The standard InChI is InChI=1S/C14H16N6O/c15-12-1-2-13(18-9-12)19-3-5-20(6-4-19)14(21)11-7-16-10-17-8-11/h1-2,7-10H,3-6,15H2. The monoisotopic (exact) mass is 284 g/mol. The van der Waals surface area contributed by atoms with E-state index in [1.165, 1.54) is 6.33 Å². The Kier molecular flexibility index (Phi) is 3.63. The smallest absolute Gasteiger partial charge is 0.257 e. The summed E-state index contributed by atoms with van der Waals surface area (Å²) in [4.78, 5) is 28.3. The van der Waals surface area contributed by atoms with Gasteiger partial charge in [-0.2, -0.15) is 0 Å². The maximum Gasteiger partial charge on any atom is 0.257 e. The van der Waals surface area contributed by atoms with Gasteiger partial charge in [-0.05, 0) is 12.1 Å². The number of rotatable bonds is 2. The number of nitrogens with zero attached hydrogens (tertiary/aromatic N) is 5. The summed E-state index contributed by atoms with van der Waals surface area (Å²) >= 11 is 0. The second kappa shape index (κ2) is 5.74. The van der Waals surface area contributed by atoms with E-state index in [-0.39, 0.29) is 5.91 Å². The number of carbonyl (C=O) groups is 1. The molecule has 108 valence electrons. The van der Waals surface area contributed by atoms with Crippen molar-refractivity contribution < 1.29 is 4.79 Å². The van der Waals surface area contributed by atoms with E-state index in [0.717, 1.165) is 18.9 Å². The van der Waals surface area contributed by atoms with Gasteiger partial charge in [-0.1, -0.05) is 0 Å². The van der Waals surface area contributed by atoms with Crippen molar-refractivity contribution in [2.75, 3.05) is 36.8 Å².